The molecule has 0 saturated carbocycles. The van der Waals surface area contributed by atoms with E-state index in [4.69, 9.17) is 4.74 Å². The third-order valence-corrected chi connectivity index (χ3v) is 10.4. The van der Waals surface area contributed by atoms with Gasteiger partial charge in [-0.1, -0.05) is 51.1 Å². The quantitative estimate of drug-likeness (QED) is 0.126. The number of ether oxygens (including phenoxy) is 1. The molecule has 0 amide bonds. The Morgan fingerprint density at radius 1 is 0.830 bits per heavy atom. The summed E-state index contributed by atoms with van der Waals surface area (Å²) in [6.45, 7) is 7.45. The highest BCUT2D eigenvalue weighted by molar-refractivity contribution is 7.86. The first-order valence-corrected chi connectivity index (χ1v) is 17.4. The summed E-state index contributed by atoms with van der Waals surface area (Å²) >= 11 is 0. The van der Waals surface area contributed by atoms with Gasteiger partial charge in [-0.05, 0) is 66.3 Å². The van der Waals surface area contributed by atoms with Gasteiger partial charge in [-0.25, -0.2) is 0 Å². The molecule has 1 aliphatic rings. The molecule has 0 atom stereocenters. The molecular formula is C34H30N2O9S2. The number of nitrogens with one attached hydrogen (secondary N) is 2. The van der Waals surface area contributed by atoms with Crippen LogP contribution in [0.5, 0.6) is 11.5 Å². The molecule has 0 radical (unpaired) electrons. The average molecular weight is 675 g/mol. The molecule has 0 unspecified atom stereocenters. The van der Waals surface area contributed by atoms with Crippen molar-refractivity contribution in [2.75, 3.05) is 5.32 Å². The standard InChI is InChI=1S/C34H30N2O9S2/c1-5-34(3,4)19-10-15-25(27(16-19)47(42,43)44)45-26-17-24(35-20-11-13-21(14-12-20)46(39,40)41)29-30-28(18(2)33(38)36-31(26)30)22-8-6-7-9-23(22)32(29)37/h6-17,35H,5H2,1-4H3,(H,36,38)(H,39,40,41)(H,42,43,44). The summed E-state index contributed by atoms with van der Waals surface area (Å²) in [5.41, 5.74) is 2.35. The molecule has 0 spiro atoms. The molecule has 0 bridgehead atoms. The second-order valence-electron chi connectivity index (χ2n) is 12.0. The van der Waals surface area contributed by atoms with Crippen LogP contribution in [0.3, 0.4) is 0 Å². The van der Waals surface area contributed by atoms with Crippen molar-refractivity contribution in [3.05, 3.63) is 105 Å². The van der Waals surface area contributed by atoms with Crippen LogP contribution in [-0.2, 0) is 25.7 Å². The van der Waals surface area contributed by atoms with Gasteiger partial charge >= 0.3 is 0 Å². The molecule has 6 rings (SSSR count). The monoisotopic (exact) mass is 674 g/mol. The minimum atomic E-state index is -4.78. The lowest BCUT2D eigenvalue weighted by Crippen LogP contribution is -2.19. The van der Waals surface area contributed by atoms with Crippen molar-refractivity contribution in [1.82, 2.24) is 4.98 Å². The molecule has 4 aromatic carbocycles. The Hall–Kier alpha value is -4.82. The van der Waals surface area contributed by atoms with Gasteiger partial charge in [-0.3, -0.25) is 18.7 Å². The van der Waals surface area contributed by atoms with Crippen LogP contribution in [0.1, 0.15) is 54.2 Å². The minimum absolute atomic E-state index is 0.0289. The number of carbonyl (C=O) groups excluding carboxylic acids is 1. The van der Waals surface area contributed by atoms with E-state index in [1.807, 2.05) is 20.8 Å². The van der Waals surface area contributed by atoms with E-state index in [9.17, 15) is 35.5 Å². The number of hydrogen-bond acceptors (Lipinski definition) is 8. The number of rotatable bonds is 8. The first-order valence-electron chi connectivity index (χ1n) is 14.5. The first kappa shape index (κ1) is 32.1. The van der Waals surface area contributed by atoms with Crippen LogP contribution in [-0.4, -0.2) is 36.7 Å². The van der Waals surface area contributed by atoms with Crippen LogP contribution in [0.2, 0.25) is 0 Å². The van der Waals surface area contributed by atoms with Crippen LogP contribution < -0.4 is 15.6 Å². The molecule has 4 N–H and O–H groups in total. The summed E-state index contributed by atoms with van der Waals surface area (Å²) in [5, 5.41) is 3.47. The van der Waals surface area contributed by atoms with Gasteiger partial charge in [-0.2, -0.15) is 16.8 Å². The Morgan fingerprint density at radius 3 is 2.11 bits per heavy atom. The number of aromatic nitrogens is 1. The van der Waals surface area contributed by atoms with Gasteiger partial charge in [0.25, 0.3) is 25.8 Å². The number of benzene rings is 4. The van der Waals surface area contributed by atoms with E-state index >= 15 is 0 Å². The number of H-pyrrole nitrogens is 1. The number of fused-ring (bicyclic) bond motifs is 2. The third-order valence-electron chi connectivity index (χ3n) is 8.70. The van der Waals surface area contributed by atoms with Crippen molar-refractivity contribution >= 4 is 48.3 Å². The fourth-order valence-electron chi connectivity index (χ4n) is 5.73. The summed E-state index contributed by atoms with van der Waals surface area (Å²) in [7, 11) is -9.24. The van der Waals surface area contributed by atoms with Crippen molar-refractivity contribution < 1.29 is 35.5 Å². The average Bonchev–Trinajstić information content (AvgIpc) is 3.01. The van der Waals surface area contributed by atoms with Gasteiger partial charge in [0, 0.05) is 33.8 Å². The van der Waals surface area contributed by atoms with Gasteiger partial charge in [0.05, 0.1) is 21.7 Å². The Kier molecular flexibility index (Phi) is 7.63. The summed E-state index contributed by atoms with van der Waals surface area (Å²) in [6.07, 6.45) is 0.684. The van der Waals surface area contributed by atoms with Crippen LogP contribution in [0, 0.1) is 6.92 Å². The number of aromatic amines is 1. The van der Waals surface area contributed by atoms with E-state index in [2.05, 4.69) is 10.3 Å². The normalized spacial score (nSPS) is 13.0. The number of pyridine rings is 1. The van der Waals surface area contributed by atoms with Crippen molar-refractivity contribution in [2.45, 2.75) is 49.3 Å². The van der Waals surface area contributed by atoms with Crippen LogP contribution >= 0.6 is 0 Å². The lowest BCUT2D eigenvalue weighted by Gasteiger charge is -2.26. The summed E-state index contributed by atoms with van der Waals surface area (Å²) in [6, 6.07) is 17.9. The SMILES string of the molecule is CCC(C)(C)c1ccc(Oc2cc(Nc3ccc(S(=O)(=O)O)cc3)c3c4c(c(C)c(=O)[nH]c24)-c2ccccc2C3=O)c(S(=O)(=O)O)c1. The molecule has 0 fully saturated rings. The Labute approximate surface area is 270 Å². The van der Waals surface area contributed by atoms with E-state index in [1.165, 1.54) is 42.5 Å². The van der Waals surface area contributed by atoms with Crippen molar-refractivity contribution in [3.63, 3.8) is 0 Å². The highest BCUT2D eigenvalue weighted by Gasteiger charge is 2.33. The predicted octanol–water partition coefficient (Wildman–Crippen LogP) is 6.76. The highest BCUT2D eigenvalue weighted by atomic mass is 32.2. The smallest absolute Gasteiger partial charge is 0.298 e. The zero-order chi connectivity index (χ0) is 34.1. The molecule has 0 saturated heterocycles. The Balaban J connectivity index is 1.64. The number of anilines is 2. The summed E-state index contributed by atoms with van der Waals surface area (Å²) in [5.74, 6) is -0.607. The van der Waals surface area contributed by atoms with Crippen molar-refractivity contribution in [2.24, 2.45) is 0 Å². The number of carbonyl (C=O) groups is 1. The van der Waals surface area contributed by atoms with Crippen LogP contribution in [0.25, 0.3) is 22.0 Å². The fourth-order valence-corrected chi connectivity index (χ4v) is 6.85. The van der Waals surface area contributed by atoms with Gasteiger partial charge in [-0.15, -0.1) is 0 Å². The van der Waals surface area contributed by atoms with E-state index in [-0.39, 0.29) is 38.9 Å². The Bertz CT molecular complexity index is 2410. The molecule has 5 aromatic rings. The van der Waals surface area contributed by atoms with Gasteiger partial charge in [0.2, 0.25) is 0 Å². The predicted molar refractivity (Wildman–Crippen MR) is 177 cm³/mol. The van der Waals surface area contributed by atoms with Gasteiger partial charge in [0.15, 0.2) is 11.5 Å². The molecule has 13 heteroatoms. The highest BCUT2D eigenvalue weighted by Crippen LogP contribution is 2.47. The van der Waals surface area contributed by atoms with E-state index < -0.39 is 36.1 Å². The van der Waals surface area contributed by atoms with E-state index in [0.717, 1.165) is 0 Å². The fraction of sp³-hybridized carbons (Fsp3) is 0.176. The maximum atomic E-state index is 14.1. The van der Waals surface area contributed by atoms with Gasteiger partial charge < -0.3 is 15.0 Å². The molecule has 1 aliphatic carbocycles. The number of hydrogen-bond donors (Lipinski definition) is 4. The largest absolute Gasteiger partial charge is 0.454 e. The zero-order valence-corrected chi connectivity index (χ0v) is 27.3. The topological polar surface area (TPSA) is 180 Å². The lowest BCUT2D eigenvalue weighted by molar-refractivity contribution is 0.104. The van der Waals surface area contributed by atoms with Crippen LogP contribution in [0.15, 0.2) is 87.4 Å². The second kappa shape index (κ2) is 11.2. The minimum Gasteiger partial charge on any atom is -0.454 e. The number of ketones is 1. The summed E-state index contributed by atoms with van der Waals surface area (Å²) in [4.78, 5) is 29.4. The first-order chi connectivity index (χ1) is 22.0. The maximum Gasteiger partial charge on any atom is 0.298 e. The zero-order valence-electron chi connectivity index (χ0n) is 25.7. The molecule has 0 aliphatic heterocycles. The third kappa shape index (κ3) is 5.61. The Morgan fingerprint density at radius 2 is 1.49 bits per heavy atom. The second-order valence-corrected chi connectivity index (χ2v) is 14.8. The maximum absolute atomic E-state index is 14.1. The van der Waals surface area contributed by atoms with Crippen molar-refractivity contribution in [3.8, 4) is 22.6 Å². The molecule has 47 heavy (non-hydrogen) atoms. The molecular weight excluding hydrogens is 645 g/mol. The molecule has 1 aromatic heterocycles. The molecule has 242 valence electrons. The van der Waals surface area contributed by atoms with Gasteiger partial charge in [0.1, 0.15) is 10.6 Å². The van der Waals surface area contributed by atoms with E-state index in [1.54, 1.807) is 37.3 Å². The van der Waals surface area contributed by atoms with Crippen LogP contribution in [0.4, 0.5) is 11.4 Å². The molecule has 1 heterocycles. The summed E-state index contributed by atoms with van der Waals surface area (Å²) < 4.78 is 74.3. The van der Waals surface area contributed by atoms with Crippen molar-refractivity contribution in [1.29, 1.82) is 0 Å². The molecule has 11 nitrogen and oxygen atoms in total. The lowest BCUT2D eigenvalue weighted by atomic mass is 9.81. The van der Waals surface area contributed by atoms with E-state index in [0.29, 0.717) is 45.3 Å².